The number of nitrogens with zero attached hydrogens (tertiary/aromatic N) is 2. The van der Waals surface area contributed by atoms with Gasteiger partial charge < -0.3 is 19.7 Å². The van der Waals surface area contributed by atoms with E-state index in [0.29, 0.717) is 38.4 Å². The number of alkyl halides is 3. The van der Waals surface area contributed by atoms with Crippen LogP contribution in [0, 0.1) is 0 Å². The highest BCUT2D eigenvalue weighted by atomic mass is 32.1. The summed E-state index contributed by atoms with van der Waals surface area (Å²) in [4.78, 5) is 30.8. The summed E-state index contributed by atoms with van der Waals surface area (Å²) in [6.07, 6.45) is -4.15. The van der Waals surface area contributed by atoms with Gasteiger partial charge in [-0.15, -0.1) is 11.3 Å². The fourth-order valence-corrected chi connectivity index (χ4v) is 4.50. The first-order valence-corrected chi connectivity index (χ1v) is 11.4. The quantitative estimate of drug-likeness (QED) is 0.496. The fraction of sp³-hybridized carbons (Fsp3) is 0.348. The van der Waals surface area contributed by atoms with Crippen LogP contribution >= 0.6 is 11.3 Å². The van der Waals surface area contributed by atoms with Crippen LogP contribution < -0.4 is 10.2 Å². The number of ether oxygens (including phenoxy) is 2. The van der Waals surface area contributed by atoms with E-state index in [1.807, 2.05) is 29.2 Å². The summed E-state index contributed by atoms with van der Waals surface area (Å²) in [5.74, 6) is -1.31. The number of aromatic nitrogens is 1. The Morgan fingerprint density at radius 3 is 2.65 bits per heavy atom. The first-order valence-electron chi connectivity index (χ1n) is 10.6. The molecule has 0 radical (unpaired) electrons. The van der Waals surface area contributed by atoms with Gasteiger partial charge in [0.1, 0.15) is 0 Å². The molecular weight excluding hydrogens is 471 g/mol. The Morgan fingerprint density at radius 2 is 1.91 bits per heavy atom. The number of morpholine rings is 1. The molecule has 1 aliphatic heterocycles. The molecule has 1 amide bonds. The Bertz CT molecular complexity index is 1140. The lowest BCUT2D eigenvalue weighted by Crippen LogP contribution is -2.37. The lowest BCUT2D eigenvalue weighted by molar-refractivity contribution is -0.147. The third-order valence-corrected chi connectivity index (χ3v) is 6.29. The van der Waals surface area contributed by atoms with Gasteiger partial charge in [0.2, 0.25) is 0 Å². The van der Waals surface area contributed by atoms with Crippen LogP contribution in [0.2, 0.25) is 0 Å². The fourth-order valence-electron chi connectivity index (χ4n) is 3.53. The van der Waals surface area contributed by atoms with Crippen molar-refractivity contribution >= 4 is 44.8 Å². The molecule has 1 aliphatic rings. The van der Waals surface area contributed by atoms with Crippen LogP contribution in [0.3, 0.4) is 0 Å². The number of hydrogen-bond acceptors (Lipinski definition) is 7. The average Bonchev–Trinajstić information content (AvgIpc) is 3.24. The third-order valence-electron chi connectivity index (χ3n) is 5.20. The number of nitrogens with one attached hydrogen (secondary N) is 1. The van der Waals surface area contributed by atoms with Gasteiger partial charge in [0.25, 0.3) is 5.91 Å². The maximum atomic E-state index is 13.2. The zero-order chi connectivity index (χ0) is 24.1. The molecule has 34 heavy (non-hydrogen) atoms. The zero-order valence-corrected chi connectivity index (χ0v) is 18.9. The largest absolute Gasteiger partial charge is 0.456 e. The number of amides is 1. The Hall–Kier alpha value is -3.18. The van der Waals surface area contributed by atoms with E-state index in [4.69, 9.17) is 9.47 Å². The van der Waals surface area contributed by atoms with Crippen LogP contribution in [0.25, 0.3) is 10.2 Å². The number of anilines is 2. The summed E-state index contributed by atoms with van der Waals surface area (Å²) >= 11 is 1.48. The van der Waals surface area contributed by atoms with Crippen molar-refractivity contribution in [3.63, 3.8) is 0 Å². The van der Waals surface area contributed by atoms with Crippen LogP contribution in [0.5, 0.6) is 0 Å². The number of hydrogen-bond donors (Lipinski definition) is 1. The van der Waals surface area contributed by atoms with Gasteiger partial charge in [0, 0.05) is 19.5 Å². The monoisotopic (exact) mass is 493 g/mol. The molecule has 0 unspecified atom stereocenters. The van der Waals surface area contributed by atoms with Crippen LogP contribution in [0.4, 0.5) is 24.5 Å². The van der Waals surface area contributed by atoms with Gasteiger partial charge in [0.05, 0.1) is 51.8 Å². The normalized spacial score (nSPS) is 14.3. The van der Waals surface area contributed by atoms with Gasteiger partial charge in [-0.05, 0) is 30.3 Å². The minimum atomic E-state index is -4.56. The number of benzene rings is 2. The summed E-state index contributed by atoms with van der Waals surface area (Å²) in [5.41, 5.74) is 0.430. The number of carbonyl (C=O) groups excluding carboxylic acids is 2. The minimum absolute atomic E-state index is 0.00671. The second-order valence-corrected chi connectivity index (χ2v) is 8.73. The summed E-state index contributed by atoms with van der Waals surface area (Å²) in [6.45, 7) is 1.23. The molecule has 7 nitrogen and oxygen atoms in total. The smallest absolute Gasteiger partial charge is 0.416 e. The van der Waals surface area contributed by atoms with E-state index in [1.165, 1.54) is 17.4 Å². The van der Waals surface area contributed by atoms with Crippen molar-refractivity contribution in [2.24, 2.45) is 0 Å². The van der Waals surface area contributed by atoms with E-state index >= 15 is 0 Å². The molecule has 1 saturated heterocycles. The number of thiazole rings is 1. The highest BCUT2D eigenvalue weighted by molar-refractivity contribution is 7.18. The predicted molar refractivity (Wildman–Crippen MR) is 122 cm³/mol. The maximum absolute atomic E-state index is 13.2. The molecule has 0 saturated carbocycles. The molecule has 2 heterocycles. The number of para-hydroxylation sites is 1. The van der Waals surface area contributed by atoms with E-state index in [-0.39, 0.29) is 12.1 Å². The molecule has 1 N–H and O–H groups in total. The van der Waals surface area contributed by atoms with Crippen molar-refractivity contribution in [1.29, 1.82) is 0 Å². The summed E-state index contributed by atoms with van der Waals surface area (Å²) in [6, 6.07) is 10.8. The number of halogens is 3. The van der Waals surface area contributed by atoms with E-state index in [9.17, 15) is 22.8 Å². The lowest BCUT2D eigenvalue weighted by Gasteiger charge is -2.31. The van der Waals surface area contributed by atoms with E-state index in [0.717, 1.165) is 27.4 Å². The Morgan fingerprint density at radius 1 is 1.15 bits per heavy atom. The van der Waals surface area contributed by atoms with Crippen molar-refractivity contribution in [2.75, 3.05) is 43.1 Å². The van der Waals surface area contributed by atoms with Crippen molar-refractivity contribution in [3.05, 3.63) is 53.0 Å². The summed E-state index contributed by atoms with van der Waals surface area (Å²) in [5, 5.41) is 3.24. The SMILES string of the molecule is O=C(COC(=O)CCc1nc2ccccc2s1)Nc1cc(C(F)(F)F)ccc1N1CCOCC1. The lowest BCUT2D eigenvalue weighted by atomic mass is 10.1. The number of rotatable bonds is 7. The number of carbonyl (C=O) groups is 2. The van der Waals surface area contributed by atoms with Crippen LogP contribution in [-0.2, 0) is 31.7 Å². The Labute approximate surface area is 197 Å². The topological polar surface area (TPSA) is 80.8 Å². The van der Waals surface area contributed by atoms with Crippen molar-refractivity contribution in [2.45, 2.75) is 19.0 Å². The second-order valence-electron chi connectivity index (χ2n) is 7.61. The summed E-state index contributed by atoms with van der Waals surface area (Å²) in [7, 11) is 0. The second kappa shape index (κ2) is 10.4. The zero-order valence-electron chi connectivity index (χ0n) is 18.1. The van der Waals surface area contributed by atoms with E-state index in [2.05, 4.69) is 10.3 Å². The van der Waals surface area contributed by atoms with E-state index < -0.39 is 30.2 Å². The molecule has 0 bridgehead atoms. The van der Waals surface area contributed by atoms with Gasteiger partial charge in [-0.1, -0.05) is 12.1 Å². The van der Waals surface area contributed by atoms with Crippen molar-refractivity contribution in [3.8, 4) is 0 Å². The predicted octanol–water partition coefficient (Wildman–Crippen LogP) is 4.27. The maximum Gasteiger partial charge on any atom is 0.416 e. The van der Waals surface area contributed by atoms with Crippen LogP contribution in [0.15, 0.2) is 42.5 Å². The van der Waals surface area contributed by atoms with Crippen LogP contribution in [-0.4, -0.2) is 49.8 Å². The van der Waals surface area contributed by atoms with Crippen molar-refractivity contribution in [1.82, 2.24) is 4.98 Å². The molecule has 0 spiro atoms. The first-order chi connectivity index (χ1) is 16.3. The molecule has 180 valence electrons. The first kappa shape index (κ1) is 24.0. The van der Waals surface area contributed by atoms with Gasteiger partial charge in [-0.3, -0.25) is 9.59 Å². The molecule has 2 aromatic carbocycles. The van der Waals surface area contributed by atoms with Gasteiger partial charge in [-0.25, -0.2) is 4.98 Å². The Kier molecular flexibility index (Phi) is 7.32. The van der Waals surface area contributed by atoms with E-state index in [1.54, 1.807) is 0 Å². The Balaban J connectivity index is 1.35. The molecule has 4 rings (SSSR count). The third kappa shape index (κ3) is 6.03. The van der Waals surface area contributed by atoms with Gasteiger partial charge >= 0.3 is 12.1 Å². The molecule has 1 aromatic heterocycles. The van der Waals surface area contributed by atoms with Crippen molar-refractivity contribution < 1.29 is 32.2 Å². The highest BCUT2D eigenvalue weighted by Crippen LogP contribution is 2.35. The molecule has 1 fully saturated rings. The van der Waals surface area contributed by atoms with Gasteiger partial charge in [0.15, 0.2) is 6.61 Å². The summed E-state index contributed by atoms with van der Waals surface area (Å²) < 4.78 is 50.9. The minimum Gasteiger partial charge on any atom is -0.456 e. The number of aryl methyl sites for hydroxylation is 1. The molecule has 11 heteroatoms. The molecule has 0 atom stereocenters. The van der Waals surface area contributed by atoms with Gasteiger partial charge in [-0.2, -0.15) is 13.2 Å². The molecular formula is C23H22F3N3O4S. The number of fused-ring (bicyclic) bond motifs is 1. The standard InChI is InChI=1S/C23H22F3N3O4S/c24-23(25,26)15-5-6-18(29-9-11-32-12-10-29)17(13-15)27-20(30)14-33-22(31)8-7-21-28-16-3-1-2-4-19(16)34-21/h1-6,13H,7-12,14H2,(H,27,30). The number of esters is 1. The van der Waals surface area contributed by atoms with Crippen LogP contribution in [0.1, 0.15) is 17.0 Å². The highest BCUT2D eigenvalue weighted by Gasteiger charge is 2.32. The molecule has 3 aromatic rings. The molecule has 0 aliphatic carbocycles. The average molecular weight is 494 g/mol.